The molecule has 2 aromatic carbocycles. The first-order valence-corrected chi connectivity index (χ1v) is 12.7. The summed E-state index contributed by atoms with van der Waals surface area (Å²) in [6.07, 6.45) is 7.66. The minimum absolute atomic E-state index is 0.163. The smallest absolute Gasteiger partial charge is 0.297 e. The molecule has 3 rings (SSSR count). The Kier molecular flexibility index (Phi) is 9.55. The van der Waals surface area contributed by atoms with Gasteiger partial charge in [0.2, 0.25) is 11.7 Å². The lowest BCUT2D eigenvalue weighted by molar-refractivity contribution is -0.111. The van der Waals surface area contributed by atoms with Gasteiger partial charge in [-0.1, -0.05) is 39.3 Å². The van der Waals surface area contributed by atoms with Gasteiger partial charge in [-0.3, -0.25) is 9.59 Å². The van der Waals surface area contributed by atoms with Crippen molar-refractivity contribution in [1.82, 2.24) is 4.57 Å². The number of aromatic hydroxyl groups is 1. The molecule has 196 valence electrons. The quantitative estimate of drug-likeness (QED) is 0.233. The molecule has 0 spiro atoms. The SMILES string of the molecule is CC=C(CC)Oc1c(OCC(C)CCC)c(=O)n(C)c2cc(NC(=O)/C=C/c3ccc(O)cc3)ccc12. The van der Waals surface area contributed by atoms with Gasteiger partial charge in [-0.25, -0.2) is 0 Å². The van der Waals surface area contributed by atoms with Gasteiger partial charge in [0.1, 0.15) is 5.75 Å². The number of carbonyl (C=O) groups excluding carboxylic acids is 1. The van der Waals surface area contributed by atoms with Gasteiger partial charge in [0, 0.05) is 30.6 Å². The highest BCUT2D eigenvalue weighted by atomic mass is 16.5. The van der Waals surface area contributed by atoms with Crippen LogP contribution in [0.25, 0.3) is 17.0 Å². The first kappa shape index (κ1) is 27.6. The fourth-order valence-corrected chi connectivity index (χ4v) is 4.00. The van der Waals surface area contributed by atoms with E-state index in [2.05, 4.69) is 19.2 Å². The molecule has 7 heteroatoms. The van der Waals surface area contributed by atoms with E-state index in [0.717, 1.165) is 24.2 Å². The fraction of sp³-hybridized carbons (Fsp3) is 0.333. The maximum Gasteiger partial charge on any atom is 0.297 e. The Morgan fingerprint density at radius 2 is 1.86 bits per heavy atom. The van der Waals surface area contributed by atoms with Gasteiger partial charge in [-0.15, -0.1) is 0 Å². The summed E-state index contributed by atoms with van der Waals surface area (Å²) >= 11 is 0. The molecular weight excluding hydrogens is 468 g/mol. The number of carbonyl (C=O) groups is 1. The number of benzene rings is 2. The number of rotatable bonds is 11. The van der Waals surface area contributed by atoms with Crippen molar-refractivity contribution in [2.45, 2.75) is 47.0 Å². The third kappa shape index (κ3) is 7.03. The van der Waals surface area contributed by atoms with Gasteiger partial charge < -0.3 is 24.5 Å². The molecule has 0 aliphatic rings. The molecule has 0 saturated carbocycles. The Labute approximate surface area is 218 Å². The molecule has 0 aliphatic heterocycles. The van der Waals surface area contributed by atoms with Crippen molar-refractivity contribution in [1.29, 1.82) is 0 Å². The molecule has 1 atom stereocenters. The number of hydrogen-bond acceptors (Lipinski definition) is 5. The van der Waals surface area contributed by atoms with E-state index in [4.69, 9.17) is 9.47 Å². The van der Waals surface area contributed by atoms with Gasteiger partial charge in [-0.2, -0.15) is 0 Å². The van der Waals surface area contributed by atoms with Crippen molar-refractivity contribution in [2.75, 3.05) is 11.9 Å². The molecule has 0 bridgehead atoms. The van der Waals surface area contributed by atoms with E-state index in [1.165, 1.54) is 10.6 Å². The Morgan fingerprint density at radius 3 is 2.51 bits per heavy atom. The summed E-state index contributed by atoms with van der Waals surface area (Å²) < 4.78 is 13.8. The molecule has 1 unspecified atom stereocenters. The summed E-state index contributed by atoms with van der Waals surface area (Å²) in [5, 5.41) is 13.0. The highest BCUT2D eigenvalue weighted by Crippen LogP contribution is 2.36. The van der Waals surface area contributed by atoms with Crippen LogP contribution in [-0.4, -0.2) is 22.2 Å². The van der Waals surface area contributed by atoms with Gasteiger partial charge >= 0.3 is 0 Å². The van der Waals surface area contributed by atoms with E-state index in [0.29, 0.717) is 41.3 Å². The summed E-state index contributed by atoms with van der Waals surface area (Å²) in [4.78, 5) is 25.9. The van der Waals surface area contributed by atoms with Crippen molar-refractivity contribution >= 4 is 28.6 Å². The Morgan fingerprint density at radius 1 is 1.14 bits per heavy atom. The topological polar surface area (TPSA) is 89.8 Å². The Hall–Kier alpha value is -4.00. The second-order valence-electron chi connectivity index (χ2n) is 9.08. The number of hydrogen-bond donors (Lipinski definition) is 2. The first-order chi connectivity index (χ1) is 17.8. The maximum atomic E-state index is 13.4. The van der Waals surface area contributed by atoms with Crippen LogP contribution < -0.4 is 20.3 Å². The van der Waals surface area contributed by atoms with Crippen molar-refractivity contribution in [3.8, 4) is 17.2 Å². The number of phenolic OH excluding ortho intramolecular Hbond substituents is 1. The number of allylic oxidation sites excluding steroid dienone is 2. The summed E-state index contributed by atoms with van der Waals surface area (Å²) in [5.41, 5.74) is 1.64. The number of phenols is 1. The molecule has 0 radical (unpaired) electrons. The average Bonchev–Trinajstić information content (AvgIpc) is 2.89. The summed E-state index contributed by atoms with van der Waals surface area (Å²) in [5.74, 6) is 1.47. The van der Waals surface area contributed by atoms with Crippen LogP contribution in [0.2, 0.25) is 0 Å². The highest BCUT2D eigenvalue weighted by Gasteiger charge is 2.20. The molecule has 0 saturated heterocycles. The minimum atomic E-state index is -0.319. The van der Waals surface area contributed by atoms with Crippen molar-refractivity contribution in [3.05, 3.63) is 76.3 Å². The third-order valence-electron chi connectivity index (χ3n) is 6.09. The van der Waals surface area contributed by atoms with Gasteiger partial charge in [-0.05, 0) is 67.3 Å². The van der Waals surface area contributed by atoms with Gasteiger partial charge in [0.15, 0.2) is 5.75 Å². The highest BCUT2D eigenvalue weighted by molar-refractivity contribution is 6.03. The number of fused-ring (bicyclic) bond motifs is 1. The standard InChI is InChI=1S/C30H36N2O5/c1-6-9-20(4)19-36-29-28(37-24(7-2)8-3)25-16-13-22(18-26(25)32(5)30(29)35)31-27(34)17-12-21-10-14-23(33)15-11-21/h7,10-18,20,33H,6,8-9,19H2,1-5H3,(H,31,34)/b17-12+,24-7?. The van der Waals surface area contributed by atoms with Crippen molar-refractivity contribution in [3.63, 3.8) is 0 Å². The molecule has 7 nitrogen and oxygen atoms in total. The lowest BCUT2D eigenvalue weighted by atomic mass is 10.1. The zero-order chi connectivity index (χ0) is 26.9. The zero-order valence-electron chi connectivity index (χ0n) is 22.2. The number of nitrogens with zero attached hydrogens (tertiary/aromatic N) is 1. The molecule has 2 N–H and O–H groups in total. The number of anilines is 1. The summed E-state index contributed by atoms with van der Waals surface area (Å²) in [6.45, 7) is 8.53. The monoisotopic (exact) mass is 504 g/mol. The lowest BCUT2D eigenvalue weighted by Gasteiger charge is -2.19. The second kappa shape index (κ2) is 12.8. The second-order valence-corrected chi connectivity index (χ2v) is 9.08. The number of ether oxygens (including phenoxy) is 2. The Balaban J connectivity index is 1.96. The van der Waals surface area contributed by atoms with Gasteiger partial charge in [0.25, 0.3) is 5.56 Å². The molecule has 1 heterocycles. The van der Waals surface area contributed by atoms with Crippen molar-refractivity contribution in [2.24, 2.45) is 13.0 Å². The molecule has 3 aromatic rings. The van der Waals surface area contributed by atoms with E-state index in [9.17, 15) is 14.7 Å². The normalized spacial score (nSPS) is 12.6. The van der Waals surface area contributed by atoms with Crippen molar-refractivity contribution < 1.29 is 19.4 Å². The average molecular weight is 505 g/mol. The van der Waals surface area contributed by atoms with E-state index >= 15 is 0 Å². The van der Waals surface area contributed by atoms with Crippen LogP contribution in [0, 0.1) is 5.92 Å². The minimum Gasteiger partial charge on any atom is -0.508 e. The van der Waals surface area contributed by atoms with Crippen LogP contribution in [0.3, 0.4) is 0 Å². The predicted molar refractivity (Wildman–Crippen MR) is 149 cm³/mol. The van der Waals surface area contributed by atoms with Gasteiger partial charge in [0.05, 0.1) is 17.9 Å². The third-order valence-corrected chi connectivity index (χ3v) is 6.09. The number of aryl methyl sites for hydroxylation is 1. The molecule has 37 heavy (non-hydrogen) atoms. The van der Waals surface area contributed by atoms with Crippen LogP contribution in [0.15, 0.2) is 65.2 Å². The molecule has 0 fully saturated rings. The van der Waals surface area contributed by atoms with Crippen LogP contribution in [0.5, 0.6) is 17.2 Å². The number of aromatic nitrogens is 1. The largest absolute Gasteiger partial charge is 0.508 e. The fourth-order valence-electron chi connectivity index (χ4n) is 4.00. The van der Waals surface area contributed by atoms with Crippen LogP contribution in [0.4, 0.5) is 5.69 Å². The predicted octanol–water partition coefficient (Wildman–Crippen LogP) is 6.40. The molecule has 1 aromatic heterocycles. The maximum absolute atomic E-state index is 13.4. The zero-order valence-corrected chi connectivity index (χ0v) is 22.2. The summed E-state index contributed by atoms with van der Waals surface area (Å²) in [7, 11) is 1.68. The molecular formula is C30H36N2O5. The van der Waals surface area contributed by atoms with E-state index < -0.39 is 0 Å². The number of nitrogens with one attached hydrogen (secondary N) is 1. The first-order valence-electron chi connectivity index (χ1n) is 12.7. The Bertz CT molecular complexity index is 1350. The van der Waals surface area contributed by atoms with Crippen LogP contribution >= 0.6 is 0 Å². The van der Waals surface area contributed by atoms with Crippen LogP contribution in [0.1, 0.15) is 52.5 Å². The molecule has 1 amide bonds. The lowest BCUT2D eigenvalue weighted by Crippen LogP contribution is -2.23. The van der Waals surface area contributed by atoms with E-state index in [-0.39, 0.29) is 23.0 Å². The number of amides is 1. The van der Waals surface area contributed by atoms with Crippen LogP contribution in [-0.2, 0) is 11.8 Å². The molecule has 0 aliphatic carbocycles. The summed E-state index contributed by atoms with van der Waals surface area (Å²) in [6, 6.07) is 11.9. The number of pyridine rings is 1. The van der Waals surface area contributed by atoms with E-state index in [1.807, 2.05) is 26.0 Å². The van der Waals surface area contributed by atoms with E-state index in [1.54, 1.807) is 49.5 Å².